The molecule has 0 fully saturated rings. The molecule has 11 nitrogen and oxygen atoms in total. The number of sulfone groups is 1. The van der Waals surface area contributed by atoms with Crippen molar-refractivity contribution >= 4 is 63.8 Å². The lowest BCUT2D eigenvalue weighted by molar-refractivity contribution is -0.114. The van der Waals surface area contributed by atoms with E-state index in [9.17, 15) is 17.8 Å². The normalized spacial score (nSPS) is 11.8. The zero-order valence-corrected chi connectivity index (χ0v) is 24.4. The van der Waals surface area contributed by atoms with Crippen LogP contribution in [0.5, 0.6) is 0 Å². The number of para-hydroxylation sites is 1. The van der Waals surface area contributed by atoms with Gasteiger partial charge in [0.15, 0.2) is 15.7 Å². The van der Waals surface area contributed by atoms with Crippen molar-refractivity contribution < 1.29 is 26.8 Å². The molecule has 0 radical (unpaired) electrons. The zero-order chi connectivity index (χ0) is 28.6. The van der Waals surface area contributed by atoms with Gasteiger partial charge in [-0.1, -0.05) is 23.7 Å². The van der Waals surface area contributed by atoms with E-state index < -0.39 is 34.8 Å². The van der Waals surface area contributed by atoms with Gasteiger partial charge in [0.05, 0.1) is 35.2 Å². The van der Waals surface area contributed by atoms with Gasteiger partial charge in [-0.2, -0.15) is 4.98 Å². The SMILES string of the molecule is CCOP(=O)(CC(=O)Nc1ccc(Nc2ncc(Cl)c(Nc3ccccc3S(=O)(=O)C(C)C)n2)cc1)OCC. The van der Waals surface area contributed by atoms with Gasteiger partial charge in [-0.05, 0) is 64.1 Å². The Morgan fingerprint density at radius 3 is 2.23 bits per heavy atom. The number of hydrogen-bond acceptors (Lipinski definition) is 10. The van der Waals surface area contributed by atoms with Crippen LogP contribution in [-0.4, -0.2) is 48.9 Å². The number of anilines is 5. The topological polar surface area (TPSA) is 149 Å². The minimum Gasteiger partial charge on any atom is -0.338 e. The lowest BCUT2D eigenvalue weighted by Gasteiger charge is -2.16. The largest absolute Gasteiger partial charge is 0.340 e. The van der Waals surface area contributed by atoms with E-state index in [1.54, 1.807) is 70.2 Å². The lowest BCUT2D eigenvalue weighted by Crippen LogP contribution is -2.18. The first kappa shape index (κ1) is 30.5. The summed E-state index contributed by atoms with van der Waals surface area (Å²) in [6.45, 7) is 6.91. The van der Waals surface area contributed by atoms with Crippen LogP contribution in [0.1, 0.15) is 27.7 Å². The fraction of sp³-hybridized carbons (Fsp3) is 0.320. The third-order valence-electron chi connectivity index (χ3n) is 5.23. The molecular formula is C25H31ClN5O6PS. The summed E-state index contributed by atoms with van der Waals surface area (Å²) in [6.07, 6.45) is 0.993. The molecule has 3 N–H and O–H groups in total. The van der Waals surface area contributed by atoms with Gasteiger partial charge in [0.25, 0.3) is 0 Å². The second kappa shape index (κ2) is 13.4. The Morgan fingerprint density at radius 1 is 1.00 bits per heavy atom. The van der Waals surface area contributed by atoms with Crippen LogP contribution in [0.2, 0.25) is 5.02 Å². The number of halogens is 1. The predicted molar refractivity (Wildman–Crippen MR) is 153 cm³/mol. The highest BCUT2D eigenvalue weighted by molar-refractivity contribution is 7.92. The smallest absolute Gasteiger partial charge is 0.338 e. The number of aromatic nitrogens is 2. The monoisotopic (exact) mass is 595 g/mol. The highest BCUT2D eigenvalue weighted by Crippen LogP contribution is 2.47. The first-order valence-electron chi connectivity index (χ1n) is 12.1. The first-order valence-corrected chi connectivity index (χ1v) is 15.8. The Hall–Kier alpha value is -3.02. The molecule has 1 amide bonds. The van der Waals surface area contributed by atoms with Crippen LogP contribution in [0, 0.1) is 0 Å². The van der Waals surface area contributed by atoms with Crippen LogP contribution in [0.3, 0.4) is 0 Å². The highest BCUT2D eigenvalue weighted by Gasteiger charge is 2.27. The number of hydrogen-bond donors (Lipinski definition) is 3. The Morgan fingerprint density at radius 2 is 1.62 bits per heavy atom. The van der Waals surface area contributed by atoms with Gasteiger partial charge in [-0.25, -0.2) is 13.4 Å². The van der Waals surface area contributed by atoms with E-state index in [4.69, 9.17) is 20.6 Å². The van der Waals surface area contributed by atoms with Crippen molar-refractivity contribution in [1.29, 1.82) is 0 Å². The van der Waals surface area contributed by atoms with Crippen molar-refractivity contribution in [3.05, 3.63) is 59.8 Å². The van der Waals surface area contributed by atoms with Crippen molar-refractivity contribution in [2.45, 2.75) is 37.8 Å². The molecule has 0 aliphatic rings. The summed E-state index contributed by atoms with van der Waals surface area (Å²) < 4.78 is 48.4. The molecule has 0 aliphatic carbocycles. The van der Waals surface area contributed by atoms with E-state index in [0.717, 1.165) is 0 Å². The summed E-state index contributed by atoms with van der Waals surface area (Å²) >= 11 is 6.29. The molecule has 0 spiro atoms. The molecule has 0 saturated heterocycles. The number of rotatable bonds is 13. The van der Waals surface area contributed by atoms with Crippen LogP contribution in [-0.2, 0) is 28.2 Å². The van der Waals surface area contributed by atoms with E-state index in [1.165, 1.54) is 12.3 Å². The van der Waals surface area contributed by atoms with Crippen molar-refractivity contribution in [3.63, 3.8) is 0 Å². The zero-order valence-electron chi connectivity index (χ0n) is 22.0. The summed E-state index contributed by atoms with van der Waals surface area (Å²) in [7, 11) is -7.06. The standard InChI is InChI=1S/C25H31ClN5O6PS/c1-5-36-38(33,37-6-2)16-23(32)28-18-11-13-19(14-12-18)29-25-27-15-20(26)24(31-25)30-21-9-7-8-10-22(21)39(34,35)17(3)4/h7-15,17H,5-6,16H2,1-4H3,(H,28,32)(H2,27,29,30,31). The lowest BCUT2D eigenvalue weighted by atomic mass is 10.3. The van der Waals surface area contributed by atoms with Crippen molar-refractivity contribution in [3.8, 4) is 0 Å². The molecular weight excluding hydrogens is 565 g/mol. The summed E-state index contributed by atoms with van der Waals surface area (Å²) in [5.41, 5.74) is 1.43. The van der Waals surface area contributed by atoms with E-state index in [-0.39, 0.29) is 34.9 Å². The molecule has 0 aliphatic heterocycles. The number of nitrogens with zero attached hydrogens (tertiary/aromatic N) is 2. The number of carbonyl (C=O) groups is 1. The third kappa shape index (κ3) is 8.23. The minimum absolute atomic E-state index is 0.140. The van der Waals surface area contributed by atoms with Gasteiger partial charge in [0.2, 0.25) is 11.9 Å². The molecule has 14 heteroatoms. The molecule has 0 bridgehead atoms. The maximum atomic E-state index is 12.8. The molecule has 210 valence electrons. The molecule has 0 saturated carbocycles. The fourth-order valence-electron chi connectivity index (χ4n) is 3.38. The molecule has 1 heterocycles. The molecule has 3 rings (SSSR count). The van der Waals surface area contributed by atoms with E-state index in [1.807, 2.05) is 0 Å². The number of amides is 1. The average molecular weight is 596 g/mol. The Balaban J connectivity index is 1.72. The Bertz CT molecular complexity index is 1440. The second-order valence-electron chi connectivity index (χ2n) is 8.46. The van der Waals surface area contributed by atoms with Crippen LogP contribution in [0.15, 0.2) is 59.6 Å². The summed E-state index contributed by atoms with van der Waals surface area (Å²) in [5, 5.41) is 8.30. The van der Waals surface area contributed by atoms with Gasteiger partial charge < -0.3 is 25.0 Å². The van der Waals surface area contributed by atoms with Crippen LogP contribution in [0.25, 0.3) is 0 Å². The Labute approximate surface area is 233 Å². The third-order valence-corrected chi connectivity index (χ3v) is 9.69. The maximum absolute atomic E-state index is 12.8. The van der Waals surface area contributed by atoms with E-state index >= 15 is 0 Å². The molecule has 39 heavy (non-hydrogen) atoms. The van der Waals surface area contributed by atoms with Gasteiger partial charge >= 0.3 is 7.60 Å². The number of benzene rings is 2. The van der Waals surface area contributed by atoms with Crippen LogP contribution in [0.4, 0.5) is 28.8 Å². The highest BCUT2D eigenvalue weighted by atomic mass is 35.5. The van der Waals surface area contributed by atoms with Crippen LogP contribution >= 0.6 is 19.2 Å². The van der Waals surface area contributed by atoms with Gasteiger partial charge in [-0.3, -0.25) is 9.36 Å². The molecule has 2 aromatic carbocycles. The molecule has 0 unspecified atom stereocenters. The van der Waals surface area contributed by atoms with Gasteiger partial charge in [-0.15, -0.1) is 0 Å². The maximum Gasteiger partial charge on any atom is 0.340 e. The molecule has 1 aromatic heterocycles. The van der Waals surface area contributed by atoms with E-state index in [2.05, 4.69) is 25.9 Å². The minimum atomic E-state index is -3.55. The van der Waals surface area contributed by atoms with Gasteiger partial charge in [0, 0.05) is 11.4 Å². The Kier molecular flexibility index (Phi) is 10.5. The fourth-order valence-corrected chi connectivity index (χ4v) is 6.19. The molecule has 3 aromatic rings. The summed E-state index contributed by atoms with van der Waals surface area (Å²) in [4.78, 5) is 21.1. The van der Waals surface area contributed by atoms with Crippen LogP contribution < -0.4 is 16.0 Å². The number of nitrogens with one attached hydrogen (secondary N) is 3. The van der Waals surface area contributed by atoms with E-state index in [0.29, 0.717) is 17.1 Å². The first-order chi connectivity index (χ1) is 18.5. The van der Waals surface area contributed by atoms with Crippen molar-refractivity contribution in [1.82, 2.24) is 9.97 Å². The average Bonchev–Trinajstić information content (AvgIpc) is 2.87. The summed E-state index contributed by atoms with van der Waals surface area (Å²) in [5.74, 6) is -0.0767. The number of carbonyl (C=O) groups excluding carboxylic acids is 1. The van der Waals surface area contributed by atoms with Crippen molar-refractivity contribution in [2.75, 3.05) is 35.3 Å². The van der Waals surface area contributed by atoms with Crippen molar-refractivity contribution in [2.24, 2.45) is 0 Å². The summed E-state index contributed by atoms with van der Waals surface area (Å²) in [6, 6.07) is 13.2. The predicted octanol–water partition coefficient (Wildman–Crippen LogP) is 6.00. The van der Waals surface area contributed by atoms with Gasteiger partial charge in [0.1, 0.15) is 11.2 Å². The quantitative estimate of drug-likeness (QED) is 0.201. The molecule has 0 atom stereocenters. The second-order valence-corrected chi connectivity index (χ2v) is 13.4.